The van der Waals surface area contributed by atoms with Gasteiger partial charge in [-0.2, -0.15) is 0 Å². The lowest BCUT2D eigenvalue weighted by Crippen LogP contribution is -2.39. The Balaban J connectivity index is 2.16. The van der Waals surface area contributed by atoms with Crippen LogP contribution in [0.4, 0.5) is 4.39 Å². The van der Waals surface area contributed by atoms with Crippen LogP contribution in [0.3, 0.4) is 0 Å². The average molecular weight is 357 g/mol. The predicted octanol–water partition coefficient (Wildman–Crippen LogP) is 2.74. The van der Waals surface area contributed by atoms with Crippen molar-refractivity contribution >= 4 is 29.6 Å². The van der Waals surface area contributed by atoms with Crippen molar-refractivity contribution in [2.45, 2.75) is 25.9 Å². The number of hydrogen-bond donors (Lipinski definition) is 1. The van der Waals surface area contributed by atoms with Gasteiger partial charge in [0.05, 0.1) is 17.5 Å². The molecule has 1 atom stereocenters. The third-order valence-corrected chi connectivity index (χ3v) is 3.90. The number of esters is 2. The monoisotopic (exact) mass is 356 g/mol. The van der Waals surface area contributed by atoms with Crippen molar-refractivity contribution in [3.8, 4) is 0 Å². The Bertz CT molecular complexity index is 686. The fraction of sp³-hybridized carbons (Fsp3) is 0.412. The molecule has 1 aliphatic heterocycles. The normalized spacial score (nSPS) is 22.1. The van der Waals surface area contributed by atoms with E-state index in [1.807, 2.05) is 0 Å². The topological polar surface area (TPSA) is 72.8 Å². The molecule has 0 spiro atoms. The standard InChI is InChI=1S/C17H18ClFO5/c1-10(2)15(21)23-9-17(8-20)7-12(16(22)24-17)5-11-3-4-14(19)13(18)6-11/h3-6,10,20H,7-9H2,1-2H3/b12-5-. The average Bonchev–Trinajstić information content (AvgIpc) is 2.85. The molecule has 0 saturated carbocycles. The van der Waals surface area contributed by atoms with E-state index in [0.717, 1.165) is 0 Å². The van der Waals surface area contributed by atoms with Crippen LogP contribution < -0.4 is 0 Å². The molecule has 5 nitrogen and oxygen atoms in total. The van der Waals surface area contributed by atoms with Gasteiger partial charge in [0.25, 0.3) is 0 Å². The molecule has 1 N–H and O–H groups in total. The van der Waals surface area contributed by atoms with E-state index in [2.05, 4.69) is 0 Å². The second kappa shape index (κ2) is 7.32. The minimum atomic E-state index is -1.29. The molecule has 1 unspecified atom stereocenters. The predicted molar refractivity (Wildman–Crippen MR) is 85.7 cm³/mol. The van der Waals surface area contributed by atoms with E-state index in [-0.39, 0.29) is 29.5 Å². The highest BCUT2D eigenvalue weighted by atomic mass is 35.5. The summed E-state index contributed by atoms with van der Waals surface area (Å²) >= 11 is 5.72. The van der Waals surface area contributed by atoms with E-state index in [1.165, 1.54) is 24.3 Å². The summed E-state index contributed by atoms with van der Waals surface area (Å²) in [6.45, 7) is 2.65. The second-order valence-corrected chi connectivity index (χ2v) is 6.42. The quantitative estimate of drug-likeness (QED) is 0.648. The Hall–Kier alpha value is -1.92. The van der Waals surface area contributed by atoms with Gasteiger partial charge in [-0.25, -0.2) is 9.18 Å². The van der Waals surface area contributed by atoms with Crippen LogP contribution in [0.1, 0.15) is 25.8 Å². The summed E-state index contributed by atoms with van der Waals surface area (Å²) < 4.78 is 23.5. The lowest BCUT2D eigenvalue weighted by atomic mass is 9.98. The molecule has 0 amide bonds. The first kappa shape index (κ1) is 18.4. The Morgan fingerprint density at radius 2 is 2.25 bits per heavy atom. The first-order chi connectivity index (χ1) is 11.3. The largest absolute Gasteiger partial charge is 0.461 e. The molecule has 0 radical (unpaired) electrons. The third-order valence-electron chi connectivity index (χ3n) is 3.61. The van der Waals surface area contributed by atoms with Crippen molar-refractivity contribution in [3.05, 3.63) is 40.2 Å². The number of halogens is 2. The van der Waals surface area contributed by atoms with Crippen molar-refractivity contribution in [3.63, 3.8) is 0 Å². The van der Waals surface area contributed by atoms with Crippen molar-refractivity contribution < 1.29 is 28.6 Å². The Morgan fingerprint density at radius 3 is 2.83 bits per heavy atom. The van der Waals surface area contributed by atoms with Crippen molar-refractivity contribution in [1.82, 2.24) is 0 Å². The van der Waals surface area contributed by atoms with Crippen LogP contribution in [0.5, 0.6) is 0 Å². The maximum atomic E-state index is 13.2. The van der Waals surface area contributed by atoms with Crippen molar-refractivity contribution in [1.29, 1.82) is 0 Å². The summed E-state index contributed by atoms with van der Waals surface area (Å²) in [6, 6.07) is 4.05. The molecule has 2 rings (SSSR count). The van der Waals surface area contributed by atoms with Crippen LogP contribution in [0.15, 0.2) is 23.8 Å². The summed E-state index contributed by atoms with van der Waals surface area (Å²) in [5.74, 6) is -1.95. The van der Waals surface area contributed by atoms with E-state index >= 15 is 0 Å². The summed E-state index contributed by atoms with van der Waals surface area (Å²) in [4.78, 5) is 23.6. The van der Waals surface area contributed by atoms with E-state index in [9.17, 15) is 19.1 Å². The number of hydrogen-bond acceptors (Lipinski definition) is 5. The number of cyclic esters (lactones) is 1. The van der Waals surface area contributed by atoms with Gasteiger partial charge in [-0.1, -0.05) is 31.5 Å². The summed E-state index contributed by atoms with van der Waals surface area (Å²) in [6.07, 6.45) is 1.58. The molecule has 7 heteroatoms. The maximum absolute atomic E-state index is 13.2. The van der Waals surface area contributed by atoms with Crippen LogP contribution in [0.25, 0.3) is 6.08 Å². The lowest BCUT2D eigenvalue weighted by Gasteiger charge is -2.24. The van der Waals surface area contributed by atoms with Crippen LogP contribution in [-0.4, -0.2) is 35.9 Å². The number of carbonyl (C=O) groups is 2. The Morgan fingerprint density at radius 1 is 1.54 bits per heavy atom. The van der Waals surface area contributed by atoms with Crippen molar-refractivity contribution in [2.75, 3.05) is 13.2 Å². The highest BCUT2D eigenvalue weighted by molar-refractivity contribution is 6.30. The Labute approximate surface area is 144 Å². The number of benzene rings is 1. The third kappa shape index (κ3) is 4.13. The maximum Gasteiger partial charge on any atom is 0.334 e. The molecule has 0 aromatic heterocycles. The van der Waals surface area contributed by atoms with Gasteiger partial charge in [-0.3, -0.25) is 4.79 Å². The van der Waals surface area contributed by atoms with Gasteiger partial charge in [-0.05, 0) is 23.8 Å². The summed E-state index contributed by atoms with van der Waals surface area (Å²) in [5.41, 5.74) is -0.481. The number of aliphatic hydroxyl groups excluding tert-OH is 1. The number of aliphatic hydroxyl groups is 1. The molecule has 0 bridgehead atoms. The second-order valence-electron chi connectivity index (χ2n) is 6.01. The molecule has 1 heterocycles. The number of carbonyl (C=O) groups excluding carboxylic acids is 2. The van der Waals surface area contributed by atoms with E-state index in [4.69, 9.17) is 21.1 Å². The first-order valence-electron chi connectivity index (χ1n) is 7.43. The molecule has 24 heavy (non-hydrogen) atoms. The molecule has 1 aromatic rings. The number of rotatable bonds is 5. The fourth-order valence-corrected chi connectivity index (χ4v) is 2.40. The Kier molecular flexibility index (Phi) is 5.62. The highest BCUT2D eigenvalue weighted by Gasteiger charge is 2.44. The zero-order valence-electron chi connectivity index (χ0n) is 13.3. The minimum Gasteiger partial charge on any atom is -0.461 e. The molecule has 1 fully saturated rings. The molecular formula is C17H18ClFO5. The lowest BCUT2D eigenvalue weighted by molar-refractivity contribution is -0.168. The summed E-state index contributed by atoms with van der Waals surface area (Å²) in [5, 5.41) is 9.52. The van der Waals surface area contributed by atoms with E-state index in [0.29, 0.717) is 5.56 Å². The van der Waals surface area contributed by atoms with Gasteiger partial charge in [-0.15, -0.1) is 0 Å². The van der Waals surface area contributed by atoms with Gasteiger partial charge in [0.15, 0.2) is 5.60 Å². The van der Waals surface area contributed by atoms with Crippen LogP contribution in [0, 0.1) is 11.7 Å². The van der Waals surface area contributed by atoms with E-state index in [1.54, 1.807) is 13.8 Å². The van der Waals surface area contributed by atoms with Crippen LogP contribution >= 0.6 is 11.6 Å². The highest BCUT2D eigenvalue weighted by Crippen LogP contribution is 2.33. The van der Waals surface area contributed by atoms with Gasteiger partial charge < -0.3 is 14.6 Å². The molecule has 0 aliphatic carbocycles. The fourth-order valence-electron chi connectivity index (χ4n) is 2.21. The molecule has 1 saturated heterocycles. The van der Waals surface area contributed by atoms with Crippen LogP contribution in [-0.2, 0) is 19.1 Å². The van der Waals surface area contributed by atoms with Gasteiger partial charge in [0.2, 0.25) is 0 Å². The molecular weight excluding hydrogens is 339 g/mol. The van der Waals surface area contributed by atoms with E-state index < -0.39 is 30.0 Å². The zero-order valence-corrected chi connectivity index (χ0v) is 14.1. The van der Waals surface area contributed by atoms with Gasteiger partial charge >= 0.3 is 11.9 Å². The van der Waals surface area contributed by atoms with Gasteiger partial charge in [0.1, 0.15) is 12.4 Å². The summed E-state index contributed by atoms with van der Waals surface area (Å²) in [7, 11) is 0. The number of ether oxygens (including phenoxy) is 2. The van der Waals surface area contributed by atoms with Crippen LogP contribution in [0.2, 0.25) is 5.02 Å². The smallest absolute Gasteiger partial charge is 0.334 e. The van der Waals surface area contributed by atoms with Crippen molar-refractivity contribution in [2.24, 2.45) is 5.92 Å². The SMILES string of the molecule is CC(C)C(=O)OCC1(CO)C/C(=C/c2ccc(F)c(Cl)c2)C(=O)O1. The van der Waals surface area contributed by atoms with Gasteiger partial charge in [0, 0.05) is 12.0 Å². The molecule has 130 valence electrons. The molecule has 1 aromatic carbocycles. The minimum absolute atomic E-state index is 0.0602. The molecule has 1 aliphatic rings. The zero-order chi connectivity index (χ0) is 17.9. The first-order valence-corrected chi connectivity index (χ1v) is 7.80.